The van der Waals surface area contributed by atoms with Crippen molar-refractivity contribution in [2.24, 2.45) is 11.5 Å². The molecular formula is C28H38N6. The lowest BCUT2D eigenvalue weighted by molar-refractivity contribution is 0.619. The highest BCUT2D eigenvalue weighted by atomic mass is 15.0. The molecule has 0 unspecified atom stereocenters. The van der Waals surface area contributed by atoms with Gasteiger partial charge in [0.2, 0.25) is 0 Å². The van der Waals surface area contributed by atoms with E-state index in [2.05, 4.69) is 56.3 Å². The number of hydrogen-bond acceptors (Lipinski definition) is 5. The molecule has 0 amide bonds. The number of nitrogens with one attached hydrogen (secondary N) is 1. The fourth-order valence-corrected chi connectivity index (χ4v) is 4.82. The highest BCUT2D eigenvalue weighted by Crippen LogP contribution is 2.30. The standard InChI is InChI=1S/C19H27N5.C9H11N/c20-9-3-4-11-22-14-17-19-16(8-12-23-17)15-6-1-2-7-18(15)24(19)13-5-10-21;1-2-6-9-8(4-1)5-3-7-10-9/h1-2,6-8,12,22H,3-5,9-11,13-14,20-21H2;3,5,7H,1-2,4,6H2. The molecule has 0 spiro atoms. The zero-order valence-corrected chi connectivity index (χ0v) is 20.2. The minimum Gasteiger partial charge on any atom is -0.339 e. The van der Waals surface area contributed by atoms with Gasteiger partial charge in [-0.05, 0) is 88.3 Å². The normalized spacial score (nSPS) is 13.0. The summed E-state index contributed by atoms with van der Waals surface area (Å²) in [5.74, 6) is 0. The number of nitrogens with two attached hydrogens (primary N) is 2. The van der Waals surface area contributed by atoms with Crippen molar-refractivity contribution in [3.05, 3.63) is 71.8 Å². The van der Waals surface area contributed by atoms with E-state index in [1.54, 1.807) is 0 Å². The molecule has 6 nitrogen and oxygen atoms in total. The molecule has 0 aliphatic heterocycles. The Bertz CT molecular complexity index is 1160. The van der Waals surface area contributed by atoms with Crippen molar-refractivity contribution >= 4 is 21.8 Å². The van der Waals surface area contributed by atoms with Crippen molar-refractivity contribution in [2.45, 2.75) is 58.0 Å². The van der Waals surface area contributed by atoms with Gasteiger partial charge < -0.3 is 21.4 Å². The first-order valence-corrected chi connectivity index (χ1v) is 12.7. The van der Waals surface area contributed by atoms with E-state index in [4.69, 9.17) is 11.5 Å². The molecule has 0 fully saturated rings. The highest BCUT2D eigenvalue weighted by Gasteiger charge is 2.14. The van der Waals surface area contributed by atoms with Crippen LogP contribution in [0.3, 0.4) is 0 Å². The molecule has 180 valence electrons. The third kappa shape index (κ3) is 5.81. The molecule has 6 heteroatoms. The molecule has 3 heterocycles. The summed E-state index contributed by atoms with van der Waals surface area (Å²) in [5.41, 5.74) is 17.7. The van der Waals surface area contributed by atoms with E-state index < -0.39 is 0 Å². The molecule has 1 aromatic carbocycles. The number of para-hydroxylation sites is 1. The van der Waals surface area contributed by atoms with E-state index in [1.165, 1.54) is 58.7 Å². The van der Waals surface area contributed by atoms with Crippen molar-refractivity contribution in [2.75, 3.05) is 19.6 Å². The van der Waals surface area contributed by atoms with Gasteiger partial charge in [-0.15, -0.1) is 0 Å². The molecule has 0 saturated heterocycles. The predicted molar refractivity (Wildman–Crippen MR) is 142 cm³/mol. The third-order valence-electron chi connectivity index (χ3n) is 6.54. The number of unbranched alkanes of at least 4 members (excludes halogenated alkanes) is 1. The molecule has 0 atom stereocenters. The SMILES string of the molecule is NCCCCNCc1nccc2c3ccccc3n(CCCN)c12.c1cnc2c(c1)CCCC2. The van der Waals surface area contributed by atoms with Gasteiger partial charge in [0, 0.05) is 47.5 Å². The average molecular weight is 459 g/mol. The fraction of sp³-hybridized carbons (Fsp3) is 0.429. The second kappa shape index (κ2) is 12.6. The summed E-state index contributed by atoms with van der Waals surface area (Å²) in [6.07, 6.45) is 12.0. The Kier molecular flexibility index (Phi) is 9.02. The Labute approximate surface area is 202 Å². The first-order valence-electron chi connectivity index (χ1n) is 12.7. The number of aryl methyl sites for hydroxylation is 3. The number of fused-ring (bicyclic) bond motifs is 4. The molecule has 4 aromatic rings. The summed E-state index contributed by atoms with van der Waals surface area (Å²) in [6, 6.07) is 14.9. The molecule has 1 aliphatic carbocycles. The van der Waals surface area contributed by atoms with Crippen LogP contribution in [0, 0.1) is 0 Å². The number of nitrogens with zero attached hydrogens (tertiary/aromatic N) is 3. The number of benzene rings is 1. The van der Waals surface area contributed by atoms with E-state index in [1.807, 2.05) is 18.5 Å². The molecule has 3 aromatic heterocycles. The first kappa shape index (κ1) is 24.3. The number of hydrogen-bond donors (Lipinski definition) is 3. The lowest BCUT2D eigenvalue weighted by atomic mass is 9.96. The minimum atomic E-state index is 0.695. The van der Waals surface area contributed by atoms with Crippen molar-refractivity contribution in [3.63, 3.8) is 0 Å². The Hall–Kier alpha value is -2.80. The Morgan fingerprint density at radius 1 is 0.824 bits per heavy atom. The molecule has 5 N–H and O–H groups in total. The van der Waals surface area contributed by atoms with Crippen molar-refractivity contribution < 1.29 is 0 Å². The van der Waals surface area contributed by atoms with Crippen molar-refractivity contribution in [1.29, 1.82) is 0 Å². The molecular weight excluding hydrogens is 420 g/mol. The third-order valence-corrected chi connectivity index (χ3v) is 6.54. The van der Waals surface area contributed by atoms with Gasteiger partial charge in [-0.2, -0.15) is 0 Å². The molecule has 0 saturated carbocycles. The predicted octanol–water partition coefficient (Wildman–Crippen LogP) is 4.33. The van der Waals surface area contributed by atoms with Gasteiger partial charge in [0.25, 0.3) is 0 Å². The van der Waals surface area contributed by atoms with Gasteiger partial charge in [-0.1, -0.05) is 24.3 Å². The van der Waals surface area contributed by atoms with Crippen LogP contribution in [-0.4, -0.2) is 34.2 Å². The number of aromatic nitrogens is 3. The second-order valence-corrected chi connectivity index (χ2v) is 8.95. The number of pyridine rings is 2. The van der Waals surface area contributed by atoms with Crippen LogP contribution in [0.25, 0.3) is 21.8 Å². The zero-order chi connectivity index (χ0) is 23.6. The summed E-state index contributed by atoms with van der Waals surface area (Å²) < 4.78 is 2.38. The first-order chi connectivity index (χ1) is 16.8. The van der Waals surface area contributed by atoms with E-state index in [-0.39, 0.29) is 0 Å². The van der Waals surface area contributed by atoms with Crippen LogP contribution in [0.15, 0.2) is 54.9 Å². The monoisotopic (exact) mass is 458 g/mol. The van der Waals surface area contributed by atoms with Crippen LogP contribution in [0.1, 0.15) is 49.1 Å². The van der Waals surface area contributed by atoms with Crippen molar-refractivity contribution in [1.82, 2.24) is 19.9 Å². The molecule has 34 heavy (non-hydrogen) atoms. The van der Waals surface area contributed by atoms with Crippen molar-refractivity contribution in [3.8, 4) is 0 Å². The van der Waals surface area contributed by atoms with E-state index in [0.717, 1.165) is 51.1 Å². The van der Waals surface area contributed by atoms with E-state index in [9.17, 15) is 0 Å². The average Bonchev–Trinajstić information content (AvgIpc) is 3.22. The van der Waals surface area contributed by atoms with Crippen LogP contribution in [0.5, 0.6) is 0 Å². The topological polar surface area (TPSA) is 94.8 Å². The minimum absolute atomic E-state index is 0.695. The Morgan fingerprint density at radius 3 is 2.53 bits per heavy atom. The second-order valence-electron chi connectivity index (χ2n) is 8.95. The highest BCUT2D eigenvalue weighted by molar-refractivity contribution is 6.08. The summed E-state index contributed by atoms with van der Waals surface area (Å²) >= 11 is 0. The Morgan fingerprint density at radius 2 is 1.68 bits per heavy atom. The van der Waals surface area contributed by atoms with Gasteiger partial charge in [-0.3, -0.25) is 9.97 Å². The largest absolute Gasteiger partial charge is 0.339 e. The van der Waals surface area contributed by atoms with Gasteiger partial charge >= 0.3 is 0 Å². The van der Waals surface area contributed by atoms with Gasteiger partial charge in [0.1, 0.15) is 0 Å². The van der Waals surface area contributed by atoms with E-state index >= 15 is 0 Å². The molecule has 5 rings (SSSR count). The lowest BCUT2D eigenvalue weighted by Gasteiger charge is -2.12. The maximum atomic E-state index is 5.75. The van der Waals surface area contributed by atoms with Gasteiger partial charge in [0.15, 0.2) is 0 Å². The van der Waals surface area contributed by atoms with Crippen LogP contribution in [0.2, 0.25) is 0 Å². The summed E-state index contributed by atoms with van der Waals surface area (Å²) in [6.45, 7) is 4.12. The quantitative estimate of drug-likeness (QED) is 0.325. The fourth-order valence-electron chi connectivity index (χ4n) is 4.82. The van der Waals surface area contributed by atoms with Gasteiger partial charge in [0.05, 0.1) is 11.2 Å². The lowest BCUT2D eigenvalue weighted by Crippen LogP contribution is -2.17. The molecule has 1 aliphatic rings. The Balaban J connectivity index is 0.000000226. The van der Waals surface area contributed by atoms with E-state index in [0.29, 0.717) is 6.54 Å². The summed E-state index contributed by atoms with van der Waals surface area (Å²) in [4.78, 5) is 8.97. The summed E-state index contributed by atoms with van der Waals surface area (Å²) in [5, 5.41) is 6.06. The maximum Gasteiger partial charge on any atom is 0.0784 e. The van der Waals surface area contributed by atoms with Crippen LogP contribution in [-0.2, 0) is 25.9 Å². The molecule has 0 radical (unpaired) electrons. The van der Waals surface area contributed by atoms with Gasteiger partial charge in [-0.25, -0.2) is 0 Å². The van der Waals surface area contributed by atoms with Crippen LogP contribution >= 0.6 is 0 Å². The number of rotatable bonds is 9. The van der Waals surface area contributed by atoms with Crippen LogP contribution < -0.4 is 16.8 Å². The zero-order valence-electron chi connectivity index (χ0n) is 20.2. The smallest absolute Gasteiger partial charge is 0.0784 e. The summed E-state index contributed by atoms with van der Waals surface area (Å²) in [7, 11) is 0. The maximum absolute atomic E-state index is 5.75. The molecule has 0 bridgehead atoms. The van der Waals surface area contributed by atoms with Crippen LogP contribution in [0.4, 0.5) is 0 Å².